The molecule has 1 saturated heterocycles. The van der Waals surface area contributed by atoms with Gasteiger partial charge in [-0.15, -0.1) is 11.3 Å². The highest BCUT2D eigenvalue weighted by Crippen LogP contribution is 2.34. The van der Waals surface area contributed by atoms with Crippen LogP contribution in [0.1, 0.15) is 44.0 Å². The van der Waals surface area contributed by atoms with Crippen LogP contribution in [0.2, 0.25) is 0 Å². The Bertz CT molecular complexity index is 734. The van der Waals surface area contributed by atoms with E-state index in [1.54, 1.807) is 13.1 Å². The molecule has 0 aliphatic carbocycles. The van der Waals surface area contributed by atoms with Crippen LogP contribution in [0.25, 0.3) is 0 Å². The normalized spacial score (nSPS) is 17.2. The summed E-state index contributed by atoms with van der Waals surface area (Å²) in [4.78, 5) is 29.4. The highest BCUT2D eigenvalue weighted by atomic mass is 32.1. The van der Waals surface area contributed by atoms with Gasteiger partial charge in [0.05, 0.1) is 11.0 Å². The van der Waals surface area contributed by atoms with Crippen molar-refractivity contribution in [3.8, 4) is 0 Å². The number of amides is 2. The first-order chi connectivity index (χ1) is 11.1. The van der Waals surface area contributed by atoms with E-state index in [1.807, 2.05) is 6.07 Å². The number of ether oxygens (including phenoxy) is 1. The summed E-state index contributed by atoms with van der Waals surface area (Å²) in [5.74, 6) is -0.961. The van der Waals surface area contributed by atoms with Crippen molar-refractivity contribution in [3.63, 3.8) is 0 Å². The molecule has 2 aromatic rings. The van der Waals surface area contributed by atoms with Gasteiger partial charge in [-0.3, -0.25) is 9.59 Å². The van der Waals surface area contributed by atoms with Crippen molar-refractivity contribution in [2.24, 2.45) is 5.73 Å². The summed E-state index contributed by atoms with van der Waals surface area (Å²) < 4.78 is 5.62. The molecule has 4 N–H and O–H groups in total. The second-order valence-electron chi connectivity index (χ2n) is 4.97. The smallest absolute Gasteiger partial charge is 0.270 e. The zero-order chi connectivity index (χ0) is 16.4. The lowest BCUT2D eigenvalue weighted by Crippen LogP contribution is -2.16. The first kappa shape index (κ1) is 15.9. The molecule has 1 fully saturated rings. The van der Waals surface area contributed by atoms with Crippen LogP contribution in [0, 0.1) is 0 Å². The van der Waals surface area contributed by atoms with Gasteiger partial charge in [0.2, 0.25) is 0 Å². The molecular weight excluding hydrogens is 336 g/mol. The van der Waals surface area contributed by atoms with E-state index < -0.39 is 5.91 Å². The Morgan fingerprint density at radius 1 is 1.39 bits per heavy atom. The monoisotopic (exact) mass is 352 g/mol. The molecule has 0 radical (unpaired) electrons. The lowest BCUT2D eigenvalue weighted by atomic mass is 10.2. The minimum Gasteiger partial charge on any atom is -0.373 e. The number of nitrogens with one attached hydrogen (secondary N) is 2. The Kier molecular flexibility index (Phi) is 4.60. The van der Waals surface area contributed by atoms with Gasteiger partial charge in [-0.2, -0.15) is 0 Å². The number of hydrogen-bond acceptors (Lipinski definition) is 7. The Labute approximate surface area is 140 Å². The molecule has 122 valence electrons. The van der Waals surface area contributed by atoms with E-state index in [0.29, 0.717) is 15.0 Å². The van der Waals surface area contributed by atoms with Crippen molar-refractivity contribution in [2.45, 2.75) is 18.9 Å². The average Bonchev–Trinajstić information content (AvgIpc) is 3.26. The summed E-state index contributed by atoms with van der Waals surface area (Å²) >= 11 is 2.57. The molecule has 3 heterocycles. The molecule has 2 aromatic heterocycles. The molecule has 1 atom stereocenters. The predicted octanol–water partition coefficient (Wildman–Crippen LogP) is 2.45. The van der Waals surface area contributed by atoms with Gasteiger partial charge < -0.3 is 21.1 Å². The van der Waals surface area contributed by atoms with Gasteiger partial charge in [0.25, 0.3) is 11.8 Å². The molecule has 1 unspecified atom stereocenters. The first-order valence-corrected chi connectivity index (χ1v) is 8.73. The maximum Gasteiger partial charge on any atom is 0.270 e. The fourth-order valence-electron chi connectivity index (χ4n) is 2.29. The summed E-state index contributed by atoms with van der Waals surface area (Å²) in [6.07, 6.45) is 2.11. The van der Waals surface area contributed by atoms with Crippen LogP contribution >= 0.6 is 22.7 Å². The van der Waals surface area contributed by atoms with Crippen molar-refractivity contribution in [1.29, 1.82) is 0 Å². The fourth-order valence-corrected chi connectivity index (χ4v) is 4.10. The van der Waals surface area contributed by atoms with E-state index in [4.69, 9.17) is 10.5 Å². The van der Waals surface area contributed by atoms with Gasteiger partial charge >= 0.3 is 0 Å². The van der Waals surface area contributed by atoms with E-state index in [0.717, 1.165) is 24.3 Å². The van der Waals surface area contributed by atoms with Crippen molar-refractivity contribution in [3.05, 3.63) is 27.6 Å². The Morgan fingerprint density at radius 2 is 2.22 bits per heavy atom. The van der Waals surface area contributed by atoms with Crippen LogP contribution in [-0.4, -0.2) is 30.5 Å². The van der Waals surface area contributed by atoms with Crippen molar-refractivity contribution >= 4 is 44.6 Å². The van der Waals surface area contributed by atoms with E-state index in [1.165, 1.54) is 22.7 Å². The Balaban J connectivity index is 1.76. The number of carbonyl (C=O) groups excluding carboxylic acids is 2. The van der Waals surface area contributed by atoms with Crippen LogP contribution in [-0.2, 0) is 4.74 Å². The van der Waals surface area contributed by atoms with Crippen LogP contribution < -0.4 is 16.4 Å². The topological polar surface area (TPSA) is 106 Å². The molecule has 23 heavy (non-hydrogen) atoms. The van der Waals surface area contributed by atoms with Crippen LogP contribution in [0.4, 0.5) is 10.1 Å². The second kappa shape index (κ2) is 6.65. The second-order valence-corrected chi connectivity index (χ2v) is 7.08. The molecule has 1 aliphatic rings. The highest BCUT2D eigenvalue weighted by Gasteiger charge is 2.22. The Morgan fingerprint density at radius 3 is 2.87 bits per heavy atom. The van der Waals surface area contributed by atoms with Gasteiger partial charge in [-0.25, -0.2) is 4.98 Å². The molecule has 2 amide bonds. The lowest BCUT2D eigenvalue weighted by Gasteiger charge is -2.05. The van der Waals surface area contributed by atoms with Gasteiger partial charge in [0, 0.05) is 18.5 Å². The number of aromatic nitrogens is 1. The number of thiophene rings is 1. The third-order valence-corrected chi connectivity index (χ3v) is 5.56. The number of rotatable bonds is 5. The van der Waals surface area contributed by atoms with E-state index in [2.05, 4.69) is 15.6 Å². The molecule has 3 rings (SSSR count). The van der Waals surface area contributed by atoms with Gasteiger partial charge in [0.15, 0.2) is 10.8 Å². The van der Waals surface area contributed by atoms with E-state index >= 15 is 0 Å². The minimum atomic E-state index is -0.677. The van der Waals surface area contributed by atoms with Gasteiger partial charge in [-0.05, 0) is 25.0 Å². The third kappa shape index (κ3) is 3.36. The maximum atomic E-state index is 12.4. The molecule has 0 spiro atoms. The largest absolute Gasteiger partial charge is 0.373 e. The minimum absolute atomic E-state index is 0.0589. The SMILES string of the molecule is CNc1nc(C(N)=O)c(NC(=O)c2ccc(C3CCCO3)s2)s1. The first-order valence-electron chi connectivity index (χ1n) is 7.09. The van der Waals surface area contributed by atoms with Crippen molar-refractivity contribution < 1.29 is 14.3 Å². The van der Waals surface area contributed by atoms with E-state index in [9.17, 15) is 9.59 Å². The van der Waals surface area contributed by atoms with Gasteiger partial charge in [-0.1, -0.05) is 11.3 Å². The number of carbonyl (C=O) groups is 2. The summed E-state index contributed by atoms with van der Waals surface area (Å²) in [6, 6.07) is 3.68. The quantitative estimate of drug-likeness (QED) is 0.766. The lowest BCUT2D eigenvalue weighted by molar-refractivity contribution is 0.0997. The molecule has 1 aliphatic heterocycles. The highest BCUT2D eigenvalue weighted by molar-refractivity contribution is 7.20. The number of thiazole rings is 1. The molecule has 0 aromatic carbocycles. The summed E-state index contributed by atoms with van der Waals surface area (Å²) in [5, 5.41) is 6.40. The fraction of sp³-hybridized carbons (Fsp3) is 0.357. The van der Waals surface area contributed by atoms with E-state index in [-0.39, 0.29) is 17.7 Å². The zero-order valence-electron chi connectivity index (χ0n) is 12.4. The molecule has 9 heteroatoms. The number of nitrogens with two attached hydrogens (primary N) is 1. The van der Waals surface area contributed by atoms with Crippen molar-refractivity contribution in [1.82, 2.24) is 4.98 Å². The molecule has 0 bridgehead atoms. The third-order valence-electron chi connectivity index (χ3n) is 3.40. The van der Waals surface area contributed by atoms with Crippen molar-refractivity contribution in [2.75, 3.05) is 24.3 Å². The summed E-state index contributed by atoms with van der Waals surface area (Å²) in [6.45, 7) is 0.764. The zero-order valence-corrected chi connectivity index (χ0v) is 14.1. The summed E-state index contributed by atoms with van der Waals surface area (Å²) in [7, 11) is 1.68. The maximum absolute atomic E-state index is 12.4. The number of hydrogen-bond donors (Lipinski definition) is 3. The molecule has 7 nitrogen and oxygen atoms in total. The Hall–Kier alpha value is -1.97. The summed E-state index contributed by atoms with van der Waals surface area (Å²) in [5.41, 5.74) is 5.35. The number of nitrogens with zero attached hydrogens (tertiary/aromatic N) is 1. The van der Waals surface area contributed by atoms with Gasteiger partial charge in [0.1, 0.15) is 5.00 Å². The average molecular weight is 352 g/mol. The van der Waals surface area contributed by atoms with Crippen LogP contribution in [0.15, 0.2) is 12.1 Å². The van der Waals surface area contributed by atoms with Crippen LogP contribution in [0.3, 0.4) is 0 Å². The standard InChI is InChI=1S/C14H16N4O3S2/c1-16-14-17-10(11(15)19)13(23-14)18-12(20)9-5-4-8(22-9)7-3-2-6-21-7/h4-5,7H,2-3,6H2,1H3,(H2,15,19)(H,16,17)(H,18,20). The molecular formula is C14H16N4O3S2. The number of anilines is 2. The number of primary amides is 1. The van der Waals surface area contributed by atoms with Crippen LogP contribution in [0.5, 0.6) is 0 Å². The molecule has 0 saturated carbocycles. The predicted molar refractivity (Wildman–Crippen MR) is 90.4 cm³/mol.